The molecule has 0 fully saturated rings. The van der Waals surface area contributed by atoms with Gasteiger partial charge in [0.25, 0.3) is 5.69 Å². The molecular weight excluding hydrogens is 336 g/mol. The monoisotopic (exact) mass is 350 g/mol. The second-order valence-electron chi connectivity index (χ2n) is 4.58. The van der Waals surface area contributed by atoms with Crippen molar-refractivity contribution in [1.29, 1.82) is 0 Å². The summed E-state index contributed by atoms with van der Waals surface area (Å²) in [5.74, 6) is 0.799. The van der Waals surface area contributed by atoms with E-state index in [1.807, 2.05) is 24.3 Å². The van der Waals surface area contributed by atoms with E-state index in [-0.39, 0.29) is 10.6 Å². The van der Waals surface area contributed by atoms with Gasteiger partial charge in [-0.05, 0) is 46.6 Å². The van der Waals surface area contributed by atoms with Crippen LogP contribution in [0.4, 0.5) is 11.4 Å². The summed E-state index contributed by atoms with van der Waals surface area (Å²) in [6.45, 7) is 2.33. The van der Waals surface area contributed by atoms with Crippen LogP contribution in [-0.2, 0) is 6.54 Å². The number of ether oxygens (including phenoxy) is 1. The number of aryl methyl sites for hydroxylation is 1. The first-order chi connectivity index (χ1) is 10.0. The van der Waals surface area contributed by atoms with Gasteiger partial charge in [0.1, 0.15) is 5.75 Å². The number of nitro benzene ring substituents is 1. The van der Waals surface area contributed by atoms with Crippen molar-refractivity contribution in [2.45, 2.75) is 13.5 Å². The molecule has 6 heteroatoms. The van der Waals surface area contributed by atoms with Crippen molar-refractivity contribution in [1.82, 2.24) is 0 Å². The van der Waals surface area contributed by atoms with Gasteiger partial charge in [-0.15, -0.1) is 0 Å². The summed E-state index contributed by atoms with van der Waals surface area (Å²) in [6.07, 6.45) is 0. The molecular formula is C15H15BrN2O3. The number of rotatable bonds is 5. The molecule has 0 amide bonds. The molecule has 0 aliphatic carbocycles. The molecule has 0 aliphatic heterocycles. The number of hydrogen-bond acceptors (Lipinski definition) is 4. The molecule has 0 aromatic heterocycles. The lowest BCUT2D eigenvalue weighted by Gasteiger charge is -2.11. The highest BCUT2D eigenvalue weighted by Gasteiger charge is 2.13. The van der Waals surface area contributed by atoms with Crippen molar-refractivity contribution < 1.29 is 9.66 Å². The van der Waals surface area contributed by atoms with E-state index >= 15 is 0 Å². The van der Waals surface area contributed by atoms with Crippen LogP contribution in [0.25, 0.3) is 0 Å². The van der Waals surface area contributed by atoms with Crippen LogP contribution in [0.3, 0.4) is 0 Å². The van der Waals surface area contributed by atoms with Crippen LogP contribution in [0.2, 0.25) is 0 Å². The van der Waals surface area contributed by atoms with Crippen molar-refractivity contribution in [3.05, 3.63) is 62.1 Å². The number of nitrogens with one attached hydrogen (secondary N) is 1. The van der Waals surface area contributed by atoms with Crippen LogP contribution in [0.15, 0.2) is 40.9 Å². The molecule has 2 aromatic rings. The molecule has 0 radical (unpaired) electrons. The van der Waals surface area contributed by atoms with E-state index in [0.29, 0.717) is 16.6 Å². The van der Waals surface area contributed by atoms with Gasteiger partial charge in [-0.1, -0.05) is 12.1 Å². The van der Waals surface area contributed by atoms with E-state index in [1.165, 1.54) is 6.07 Å². The number of benzene rings is 2. The Labute approximate surface area is 131 Å². The second kappa shape index (κ2) is 6.58. The molecule has 21 heavy (non-hydrogen) atoms. The van der Waals surface area contributed by atoms with Crippen molar-refractivity contribution in [2.75, 3.05) is 12.4 Å². The summed E-state index contributed by atoms with van der Waals surface area (Å²) < 4.78 is 5.85. The zero-order valence-electron chi connectivity index (χ0n) is 11.7. The van der Waals surface area contributed by atoms with E-state index < -0.39 is 0 Å². The minimum absolute atomic E-state index is 0.105. The number of methoxy groups -OCH3 is 1. The van der Waals surface area contributed by atoms with E-state index in [9.17, 15) is 10.1 Å². The Hall–Kier alpha value is -2.08. The van der Waals surface area contributed by atoms with Gasteiger partial charge in [-0.25, -0.2) is 0 Å². The molecule has 0 saturated carbocycles. The number of nitro groups is 1. The lowest BCUT2D eigenvalue weighted by atomic mass is 10.1. The van der Waals surface area contributed by atoms with Gasteiger partial charge >= 0.3 is 0 Å². The Morgan fingerprint density at radius 2 is 2.10 bits per heavy atom. The molecule has 0 spiro atoms. The highest BCUT2D eigenvalue weighted by atomic mass is 79.9. The van der Waals surface area contributed by atoms with Crippen LogP contribution in [0.5, 0.6) is 5.75 Å². The Morgan fingerprint density at radius 1 is 1.33 bits per heavy atom. The van der Waals surface area contributed by atoms with E-state index in [2.05, 4.69) is 21.2 Å². The van der Waals surface area contributed by atoms with Gasteiger partial charge in [0.05, 0.1) is 12.0 Å². The normalized spacial score (nSPS) is 10.2. The first kappa shape index (κ1) is 15.3. The average Bonchev–Trinajstić information content (AvgIpc) is 2.47. The van der Waals surface area contributed by atoms with Crippen molar-refractivity contribution >= 4 is 27.3 Å². The third kappa shape index (κ3) is 3.72. The molecule has 0 aliphatic rings. The summed E-state index contributed by atoms with van der Waals surface area (Å²) in [7, 11) is 1.63. The number of anilines is 1. The molecule has 2 rings (SSSR count). The fourth-order valence-corrected chi connectivity index (χ4v) is 2.45. The second-order valence-corrected chi connectivity index (χ2v) is 5.44. The van der Waals surface area contributed by atoms with E-state index in [0.717, 1.165) is 17.0 Å². The largest absolute Gasteiger partial charge is 0.497 e. The summed E-state index contributed by atoms with van der Waals surface area (Å²) in [6, 6.07) is 11.0. The van der Waals surface area contributed by atoms with E-state index in [4.69, 9.17) is 4.74 Å². The topological polar surface area (TPSA) is 64.4 Å². The quantitative estimate of drug-likeness (QED) is 0.645. The van der Waals surface area contributed by atoms with Gasteiger partial charge in [-0.2, -0.15) is 0 Å². The Balaban J connectivity index is 2.16. The predicted octanol–water partition coefficient (Wildman–Crippen LogP) is 4.29. The maximum atomic E-state index is 10.9. The first-order valence-electron chi connectivity index (χ1n) is 6.32. The van der Waals surface area contributed by atoms with Gasteiger partial charge < -0.3 is 10.1 Å². The maximum Gasteiger partial charge on any atom is 0.273 e. The smallest absolute Gasteiger partial charge is 0.273 e. The molecule has 0 unspecified atom stereocenters. The Kier molecular flexibility index (Phi) is 4.80. The third-order valence-electron chi connectivity index (χ3n) is 3.10. The van der Waals surface area contributed by atoms with Crippen LogP contribution in [0.1, 0.15) is 11.1 Å². The minimum Gasteiger partial charge on any atom is -0.497 e. The number of halogens is 1. The van der Waals surface area contributed by atoms with Gasteiger partial charge in [0.2, 0.25) is 0 Å². The van der Waals surface area contributed by atoms with Crippen LogP contribution in [-0.4, -0.2) is 12.0 Å². The maximum absolute atomic E-state index is 10.9. The van der Waals surface area contributed by atoms with Crippen molar-refractivity contribution in [3.63, 3.8) is 0 Å². The lowest BCUT2D eigenvalue weighted by molar-refractivity contribution is -0.385. The van der Waals surface area contributed by atoms with Gasteiger partial charge in [0, 0.05) is 28.3 Å². The predicted molar refractivity (Wildman–Crippen MR) is 85.9 cm³/mol. The molecule has 0 atom stereocenters. The Morgan fingerprint density at radius 3 is 2.76 bits per heavy atom. The Bertz CT molecular complexity index is 674. The van der Waals surface area contributed by atoms with Crippen LogP contribution in [0, 0.1) is 17.0 Å². The summed E-state index contributed by atoms with van der Waals surface area (Å²) in [4.78, 5) is 10.5. The fourth-order valence-electron chi connectivity index (χ4n) is 1.98. The zero-order chi connectivity index (χ0) is 15.4. The van der Waals surface area contributed by atoms with E-state index in [1.54, 1.807) is 20.1 Å². The molecule has 2 aromatic carbocycles. The summed E-state index contributed by atoms with van der Waals surface area (Å²) >= 11 is 3.36. The van der Waals surface area contributed by atoms with Crippen LogP contribution >= 0.6 is 15.9 Å². The standard InChI is InChI=1S/C15H15BrN2O3/c1-10-6-14(13(16)8-15(10)18(19)20)17-9-11-4-3-5-12(7-11)21-2/h3-8,17H,9H2,1-2H3. The van der Waals surface area contributed by atoms with Crippen molar-refractivity contribution in [3.8, 4) is 5.75 Å². The highest BCUT2D eigenvalue weighted by molar-refractivity contribution is 9.10. The fraction of sp³-hybridized carbons (Fsp3) is 0.200. The van der Waals surface area contributed by atoms with Gasteiger partial charge in [-0.3, -0.25) is 10.1 Å². The number of hydrogen-bond donors (Lipinski definition) is 1. The number of nitrogens with zero attached hydrogens (tertiary/aromatic N) is 1. The van der Waals surface area contributed by atoms with Crippen molar-refractivity contribution in [2.24, 2.45) is 0 Å². The zero-order valence-corrected chi connectivity index (χ0v) is 13.3. The van der Waals surface area contributed by atoms with Gasteiger partial charge in [0.15, 0.2) is 0 Å². The SMILES string of the molecule is COc1cccc(CNc2cc(C)c([N+](=O)[O-])cc2Br)c1. The molecule has 1 N–H and O–H groups in total. The first-order valence-corrected chi connectivity index (χ1v) is 7.12. The average molecular weight is 351 g/mol. The molecule has 0 bridgehead atoms. The minimum atomic E-state index is -0.383. The highest BCUT2D eigenvalue weighted by Crippen LogP contribution is 2.31. The molecule has 0 saturated heterocycles. The van der Waals surface area contributed by atoms with Crippen LogP contribution < -0.4 is 10.1 Å². The third-order valence-corrected chi connectivity index (χ3v) is 3.76. The summed E-state index contributed by atoms with van der Waals surface area (Å²) in [5, 5.41) is 14.1. The lowest BCUT2D eigenvalue weighted by Crippen LogP contribution is -2.02. The molecule has 110 valence electrons. The molecule has 5 nitrogen and oxygen atoms in total. The summed E-state index contributed by atoms with van der Waals surface area (Å²) in [5.41, 5.74) is 2.61. The molecule has 0 heterocycles.